The van der Waals surface area contributed by atoms with Crippen LogP contribution in [-0.2, 0) is 13.0 Å². The molecule has 0 amide bonds. The molecule has 112 valence electrons. The molecule has 0 saturated heterocycles. The maximum Gasteiger partial charge on any atom is 0.160 e. The Morgan fingerprint density at radius 2 is 1.76 bits per heavy atom. The first-order valence-electron chi connectivity index (χ1n) is 7.32. The average Bonchev–Trinajstić information content (AvgIpc) is 2.53. The van der Waals surface area contributed by atoms with Crippen molar-refractivity contribution >= 4 is 0 Å². The van der Waals surface area contributed by atoms with Crippen molar-refractivity contribution in [1.82, 2.24) is 5.32 Å². The van der Waals surface area contributed by atoms with Crippen LogP contribution in [0.2, 0.25) is 0 Å². The predicted molar refractivity (Wildman–Crippen MR) is 85.7 cm³/mol. The van der Waals surface area contributed by atoms with Crippen molar-refractivity contribution < 1.29 is 9.84 Å². The summed E-state index contributed by atoms with van der Waals surface area (Å²) in [5, 5.41) is 13.1. The van der Waals surface area contributed by atoms with E-state index in [2.05, 4.69) is 43.4 Å². The third kappa shape index (κ3) is 3.99. The highest BCUT2D eigenvalue weighted by Gasteiger charge is 2.07. The summed E-state index contributed by atoms with van der Waals surface area (Å²) < 4.78 is 5.12. The molecule has 0 aliphatic heterocycles. The van der Waals surface area contributed by atoms with Crippen molar-refractivity contribution in [2.75, 3.05) is 7.11 Å². The van der Waals surface area contributed by atoms with Gasteiger partial charge >= 0.3 is 0 Å². The van der Waals surface area contributed by atoms with Gasteiger partial charge in [0.05, 0.1) is 7.11 Å². The molecule has 0 aromatic heterocycles. The van der Waals surface area contributed by atoms with Crippen LogP contribution in [0.25, 0.3) is 0 Å². The van der Waals surface area contributed by atoms with Gasteiger partial charge < -0.3 is 15.2 Å². The van der Waals surface area contributed by atoms with E-state index in [0.29, 0.717) is 5.75 Å². The number of aromatic hydroxyl groups is 1. The third-order valence-corrected chi connectivity index (χ3v) is 3.74. The van der Waals surface area contributed by atoms with Crippen molar-refractivity contribution in [2.45, 2.75) is 32.9 Å². The summed E-state index contributed by atoms with van der Waals surface area (Å²) in [7, 11) is 1.56. The third-order valence-electron chi connectivity index (χ3n) is 3.74. The Morgan fingerprint density at radius 3 is 2.38 bits per heavy atom. The zero-order chi connectivity index (χ0) is 15.2. The van der Waals surface area contributed by atoms with Gasteiger partial charge in [0.25, 0.3) is 0 Å². The number of ether oxygens (including phenoxy) is 1. The second-order valence-electron chi connectivity index (χ2n) is 5.20. The van der Waals surface area contributed by atoms with E-state index in [1.54, 1.807) is 13.2 Å². The van der Waals surface area contributed by atoms with Crippen molar-refractivity contribution in [3.8, 4) is 11.5 Å². The van der Waals surface area contributed by atoms with Gasteiger partial charge in [-0.2, -0.15) is 0 Å². The molecule has 2 aromatic carbocycles. The van der Waals surface area contributed by atoms with Crippen LogP contribution < -0.4 is 10.1 Å². The van der Waals surface area contributed by atoms with Crippen LogP contribution in [0.3, 0.4) is 0 Å². The minimum Gasteiger partial charge on any atom is -0.504 e. The number of hydrogen-bond donors (Lipinski definition) is 2. The van der Waals surface area contributed by atoms with Gasteiger partial charge in [0.15, 0.2) is 11.5 Å². The minimum atomic E-state index is 0.171. The molecule has 0 aliphatic rings. The molecule has 0 fully saturated rings. The topological polar surface area (TPSA) is 41.5 Å². The Kier molecular flexibility index (Phi) is 5.23. The Morgan fingerprint density at radius 1 is 1.10 bits per heavy atom. The predicted octanol–water partition coefficient (Wildman–Crippen LogP) is 3.81. The lowest BCUT2D eigenvalue weighted by Crippen LogP contribution is -2.18. The van der Waals surface area contributed by atoms with Crippen molar-refractivity contribution in [1.29, 1.82) is 0 Å². The molecule has 2 aromatic rings. The SMILES string of the molecule is CCc1ccc(C(C)NCc2ccc(O)c(OC)c2)cc1. The molecule has 0 bridgehead atoms. The molecule has 1 unspecified atom stereocenters. The number of hydrogen-bond acceptors (Lipinski definition) is 3. The number of rotatable bonds is 6. The lowest BCUT2D eigenvalue weighted by Gasteiger charge is -2.15. The van der Waals surface area contributed by atoms with E-state index in [1.165, 1.54) is 11.1 Å². The highest BCUT2D eigenvalue weighted by atomic mass is 16.5. The van der Waals surface area contributed by atoms with Crippen molar-refractivity contribution in [3.63, 3.8) is 0 Å². The quantitative estimate of drug-likeness (QED) is 0.848. The van der Waals surface area contributed by atoms with E-state index in [-0.39, 0.29) is 11.8 Å². The smallest absolute Gasteiger partial charge is 0.160 e. The van der Waals surface area contributed by atoms with E-state index in [1.807, 2.05) is 12.1 Å². The van der Waals surface area contributed by atoms with E-state index in [9.17, 15) is 5.11 Å². The molecule has 21 heavy (non-hydrogen) atoms. The maximum absolute atomic E-state index is 9.59. The fourth-order valence-electron chi connectivity index (χ4n) is 2.26. The van der Waals surface area contributed by atoms with E-state index in [4.69, 9.17) is 4.74 Å². The Bertz CT molecular complexity index is 578. The molecule has 3 heteroatoms. The van der Waals surface area contributed by atoms with Gasteiger partial charge in [-0.25, -0.2) is 0 Å². The van der Waals surface area contributed by atoms with Gasteiger partial charge in [0.2, 0.25) is 0 Å². The molecule has 2 rings (SSSR count). The fraction of sp³-hybridized carbons (Fsp3) is 0.333. The first-order chi connectivity index (χ1) is 10.1. The summed E-state index contributed by atoms with van der Waals surface area (Å²) >= 11 is 0. The van der Waals surface area contributed by atoms with Gasteiger partial charge in [-0.3, -0.25) is 0 Å². The Hall–Kier alpha value is -2.00. The molecule has 0 radical (unpaired) electrons. The first kappa shape index (κ1) is 15.4. The molecule has 2 N–H and O–H groups in total. The lowest BCUT2D eigenvalue weighted by molar-refractivity contribution is 0.372. The number of phenols is 1. The second kappa shape index (κ2) is 7.14. The number of aryl methyl sites for hydroxylation is 1. The van der Waals surface area contributed by atoms with Crippen LogP contribution in [0, 0.1) is 0 Å². The largest absolute Gasteiger partial charge is 0.504 e. The van der Waals surface area contributed by atoms with Gasteiger partial charge in [0, 0.05) is 12.6 Å². The summed E-state index contributed by atoms with van der Waals surface area (Å²) in [6.45, 7) is 5.04. The zero-order valence-corrected chi connectivity index (χ0v) is 12.9. The zero-order valence-electron chi connectivity index (χ0n) is 12.9. The second-order valence-corrected chi connectivity index (χ2v) is 5.20. The Balaban J connectivity index is 1.98. The molecule has 0 heterocycles. The van der Waals surface area contributed by atoms with Gasteiger partial charge in [-0.1, -0.05) is 37.3 Å². The maximum atomic E-state index is 9.59. The minimum absolute atomic E-state index is 0.171. The number of nitrogens with one attached hydrogen (secondary N) is 1. The summed E-state index contributed by atoms with van der Waals surface area (Å²) in [5.41, 5.74) is 3.72. The van der Waals surface area contributed by atoms with Gasteiger partial charge in [0.1, 0.15) is 0 Å². The van der Waals surface area contributed by atoms with Crippen LogP contribution in [-0.4, -0.2) is 12.2 Å². The van der Waals surface area contributed by atoms with Crippen LogP contribution in [0.5, 0.6) is 11.5 Å². The summed E-state index contributed by atoms with van der Waals surface area (Å²) in [5.74, 6) is 0.679. The monoisotopic (exact) mass is 285 g/mol. The van der Waals surface area contributed by atoms with E-state index >= 15 is 0 Å². The molecule has 0 aliphatic carbocycles. The summed E-state index contributed by atoms with van der Waals surface area (Å²) in [6.07, 6.45) is 1.06. The molecule has 0 spiro atoms. The van der Waals surface area contributed by atoms with Crippen LogP contribution >= 0.6 is 0 Å². The average molecular weight is 285 g/mol. The molecule has 0 saturated carbocycles. The molecule has 1 atom stereocenters. The number of methoxy groups -OCH3 is 1. The van der Waals surface area contributed by atoms with E-state index < -0.39 is 0 Å². The van der Waals surface area contributed by atoms with E-state index in [0.717, 1.165) is 18.5 Å². The molecule has 3 nitrogen and oxygen atoms in total. The normalized spacial score (nSPS) is 12.1. The van der Waals surface area contributed by atoms with Crippen LogP contribution in [0.4, 0.5) is 0 Å². The number of phenolic OH excluding ortho intramolecular Hbond substituents is 1. The standard InChI is InChI=1S/C18H23NO2/c1-4-14-5-8-16(9-6-14)13(2)19-12-15-7-10-17(20)18(11-15)21-3/h5-11,13,19-20H,4,12H2,1-3H3. The Labute approximate surface area is 126 Å². The van der Waals surface area contributed by atoms with Gasteiger partial charge in [-0.15, -0.1) is 0 Å². The highest BCUT2D eigenvalue weighted by molar-refractivity contribution is 5.41. The van der Waals surface area contributed by atoms with Crippen LogP contribution in [0.1, 0.15) is 36.6 Å². The van der Waals surface area contributed by atoms with Crippen LogP contribution in [0.15, 0.2) is 42.5 Å². The molecular formula is C18H23NO2. The summed E-state index contributed by atoms with van der Waals surface area (Å²) in [6, 6.07) is 14.4. The fourth-order valence-corrected chi connectivity index (χ4v) is 2.26. The first-order valence-corrected chi connectivity index (χ1v) is 7.32. The van der Waals surface area contributed by atoms with Gasteiger partial charge in [-0.05, 0) is 42.2 Å². The van der Waals surface area contributed by atoms with Crippen molar-refractivity contribution in [3.05, 3.63) is 59.2 Å². The lowest BCUT2D eigenvalue weighted by atomic mass is 10.0. The highest BCUT2D eigenvalue weighted by Crippen LogP contribution is 2.26. The number of benzene rings is 2. The summed E-state index contributed by atoms with van der Waals surface area (Å²) in [4.78, 5) is 0. The van der Waals surface area contributed by atoms with Crippen molar-refractivity contribution in [2.24, 2.45) is 0 Å². The molecular weight excluding hydrogens is 262 g/mol.